The minimum Gasteiger partial charge on any atom is -0.340 e. The molecular weight excluding hydrogens is 351 g/mol. The van der Waals surface area contributed by atoms with Crippen molar-refractivity contribution in [1.82, 2.24) is 25.1 Å². The summed E-state index contributed by atoms with van der Waals surface area (Å²) in [5.41, 5.74) is 1.67. The van der Waals surface area contributed by atoms with Crippen molar-refractivity contribution in [3.05, 3.63) is 23.3 Å². The quantitative estimate of drug-likeness (QED) is 0.859. The number of carbonyl (C=O) groups excluding carboxylic acids is 1. The molecule has 0 aliphatic carbocycles. The maximum atomic E-state index is 12.5. The third-order valence-electron chi connectivity index (χ3n) is 4.03. The molecule has 1 fully saturated rings. The number of carbonyl (C=O) groups is 1. The van der Waals surface area contributed by atoms with Crippen molar-refractivity contribution in [3.63, 3.8) is 0 Å². The standard InChI is InChI=1S/C15H18F3N7O/c1-8-6-9(2)20-14(19-8)25-5-3-4-10(7-25)11(26)21-13-22-12(23-24-13)15(16,17)18/h6,10H,3-5,7H2,1-2H3,(H2,21,22,23,24,26). The van der Waals surface area contributed by atoms with Crippen molar-refractivity contribution in [2.24, 2.45) is 5.92 Å². The fourth-order valence-electron chi connectivity index (χ4n) is 2.88. The number of alkyl halides is 3. The van der Waals surface area contributed by atoms with Crippen LogP contribution < -0.4 is 10.2 Å². The summed E-state index contributed by atoms with van der Waals surface area (Å²) in [5, 5.41) is 7.50. The summed E-state index contributed by atoms with van der Waals surface area (Å²) in [6.45, 7) is 4.83. The molecule has 1 saturated heterocycles. The van der Waals surface area contributed by atoms with E-state index < -0.39 is 23.8 Å². The number of anilines is 2. The smallest absolute Gasteiger partial charge is 0.340 e. The maximum absolute atomic E-state index is 12.5. The average Bonchev–Trinajstić information content (AvgIpc) is 3.03. The van der Waals surface area contributed by atoms with Gasteiger partial charge in [0.25, 0.3) is 0 Å². The van der Waals surface area contributed by atoms with E-state index >= 15 is 0 Å². The van der Waals surface area contributed by atoms with Gasteiger partial charge in [0.1, 0.15) is 0 Å². The molecule has 1 unspecified atom stereocenters. The number of hydrogen-bond donors (Lipinski definition) is 2. The lowest BCUT2D eigenvalue weighted by Gasteiger charge is -2.32. The van der Waals surface area contributed by atoms with Gasteiger partial charge >= 0.3 is 6.18 Å². The summed E-state index contributed by atoms with van der Waals surface area (Å²) < 4.78 is 37.6. The van der Waals surface area contributed by atoms with Crippen LogP contribution in [0, 0.1) is 19.8 Å². The van der Waals surface area contributed by atoms with Gasteiger partial charge in [-0.05, 0) is 32.8 Å². The molecule has 2 aromatic rings. The van der Waals surface area contributed by atoms with Gasteiger partial charge in [-0.3, -0.25) is 15.2 Å². The molecule has 26 heavy (non-hydrogen) atoms. The highest BCUT2D eigenvalue weighted by molar-refractivity contribution is 5.91. The van der Waals surface area contributed by atoms with E-state index in [1.807, 2.05) is 24.8 Å². The first kappa shape index (κ1) is 18.1. The maximum Gasteiger partial charge on any atom is 0.451 e. The second kappa shape index (κ2) is 6.89. The zero-order chi connectivity index (χ0) is 18.9. The van der Waals surface area contributed by atoms with Gasteiger partial charge in [0, 0.05) is 24.5 Å². The number of hydrogen-bond acceptors (Lipinski definition) is 6. The zero-order valence-corrected chi connectivity index (χ0v) is 14.3. The summed E-state index contributed by atoms with van der Waals surface area (Å²) in [6, 6.07) is 1.86. The van der Waals surface area contributed by atoms with Crippen LogP contribution >= 0.6 is 0 Å². The highest BCUT2D eigenvalue weighted by Crippen LogP contribution is 2.27. The van der Waals surface area contributed by atoms with E-state index in [0.29, 0.717) is 25.5 Å². The number of piperidine rings is 1. The first-order chi connectivity index (χ1) is 12.2. The molecule has 0 bridgehead atoms. The molecule has 8 nitrogen and oxygen atoms in total. The molecule has 2 aromatic heterocycles. The number of aromatic amines is 1. The fraction of sp³-hybridized carbons (Fsp3) is 0.533. The van der Waals surface area contributed by atoms with Crippen molar-refractivity contribution in [1.29, 1.82) is 0 Å². The van der Waals surface area contributed by atoms with E-state index in [1.165, 1.54) is 0 Å². The molecule has 1 amide bonds. The highest BCUT2D eigenvalue weighted by atomic mass is 19.4. The third-order valence-corrected chi connectivity index (χ3v) is 4.03. The largest absolute Gasteiger partial charge is 0.451 e. The number of nitrogens with zero attached hydrogens (tertiary/aromatic N) is 5. The summed E-state index contributed by atoms with van der Waals surface area (Å²) in [4.78, 5) is 26.3. The van der Waals surface area contributed by atoms with Crippen LogP contribution in [0.3, 0.4) is 0 Å². The molecule has 1 aliphatic rings. The number of halogens is 3. The van der Waals surface area contributed by atoms with Crippen LogP contribution in [-0.4, -0.2) is 44.1 Å². The van der Waals surface area contributed by atoms with Gasteiger partial charge < -0.3 is 4.90 Å². The van der Waals surface area contributed by atoms with Gasteiger partial charge in [-0.25, -0.2) is 9.97 Å². The molecular formula is C15H18F3N7O. The van der Waals surface area contributed by atoms with Crippen LogP contribution in [0.15, 0.2) is 6.07 Å². The lowest BCUT2D eigenvalue weighted by atomic mass is 9.97. The van der Waals surface area contributed by atoms with Crippen molar-refractivity contribution in [2.45, 2.75) is 32.9 Å². The Morgan fingerprint density at radius 3 is 2.58 bits per heavy atom. The Balaban J connectivity index is 1.67. The third kappa shape index (κ3) is 4.09. The highest BCUT2D eigenvalue weighted by Gasteiger charge is 2.36. The van der Waals surface area contributed by atoms with Crippen molar-refractivity contribution >= 4 is 17.8 Å². The van der Waals surface area contributed by atoms with Crippen LogP contribution in [0.2, 0.25) is 0 Å². The van der Waals surface area contributed by atoms with Gasteiger partial charge in [-0.2, -0.15) is 18.2 Å². The Kier molecular flexibility index (Phi) is 4.79. The number of H-pyrrole nitrogens is 1. The monoisotopic (exact) mass is 369 g/mol. The summed E-state index contributed by atoms with van der Waals surface area (Å²) in [7, 11) is 0. The van der Waals surface area contributed by atoms with E-state index in [1.54, 1.807) is 5.10 Å². The Hall–Kier alpha value is -2.72. The summed E-state index contributed by atoms with van der Waals surface area (Å²) >= 11 is 0. The van der Waals surface area contributed by atoms with Gasteiger partial charge in [0.05, 0.1) is 5.92 Å². The van der Waals surface area contributed by atoms with Gasteiger partial charge in [0.2, 0.25) is 23.6 Å². The lowest BCUT2D eigenvalue weighted by molar-refractivity contribution is -0.144. The number of nitrogens with one attached hydrogen (secondary N) is 2. The normalized spacial score (nSPS) is 18.0. The van der Waals surface area contributed by atoms with Gasteiger partial charge in [0.15, 0.2) is 0 Å². The molecule has 0 saturated carbocycles. The molecule has 0 spiro atoms. The van der Waals surface area contributed by atoms with E-state index in [-0.39, 0.29) is 5.95 Å². The molecule has 3 rings (SSSR count). The van der Waals surface area contributed by atoms with E-state index in [2.05, 4.69) is 25.4 Å². The minimum atomic E-state index is -4.64. The molecule has 2 N–H and O–H groups in total. The van der Waals surface area contributed by atoms with E-state index in [0.717, 1.165) is 17.8 Å². The van der Waals surface area contributed by atoms with Crippen molar-refractivity contribution in [2.75, 3.05) is 23.3 Å². The lowest BCUT2D eigenvalue weighted by Crippen LogP contribution is -2.41. The Morgan fingerprint density at radius 1 is 1.27 bits per heavy atom. The van der Waals surface area contributed by atoms with E-state index in [9.17, 15) is 18.0 Å². The second-order valence-electron chi connectivity index (χ2n) is 6.23. The fourth-order valence-corrected chi connectivity index (χ4v) is 2.88. The Bertz CT molecular complexity index is 785. The second-order valence-corrected chi connectivity index (χ2v) is 6.23. The van der Waals surface area contributed by atoms with Crippen LogP contribution in [-0.2, 0) is 11.0 Å². The molecule has 1 aliphatic heterocycles. The summed E-state index contributed by atoms with van der Waals surface area (Å²) in [6.07, 6.45) is -3.28. The number of amides is 1. The predicted molar refractivity (Wildman–Crippen MR) is 86.5 cm³/mol. The first-order valence-electron chi connectivity index (χ1n) is 8.10. The summed E-state index contributed by atoms with van der Waals surface area (Å²) in [5.74, 6) is -1.92. The predicted octanol–water partition coefficient (Wildman–Crippen LogP) is 2.09. The SMILES string of the molecule is Cc1cc(C)nc(N2CCCC(C(=O)Nc3n[nH]c(C(F)(F)F)n3)C2)n1. The molecule has 140 valence electrons. The van der Waals surface area contributed by atoms with E-state index in [4.69, 9.17) is 0 Å². The van der Waals surface area contributed by atoms with Crippen LogP contribution in [0.4, 0.5) is 25.1 Å². The van der Waals surface area contributed by atoms with Crippen molar-refractivity contribution < 1.29 is 18.0 Å². The Morgan fingerprint density at radius 2 is 1.96 bits per heavy atom. The van der Waals surface area contributed by atoms with Crippen molar-refractivity contribution in [3.8, 4) is 0 Å². The first-order valence-corrected chi connectivity index (χ1v) is 8.10. The minimum absolute atomic E-state index is 0.380. The van der Waals surface area contributed by atoms with Crippen LogP contribution in [0.1, 0.15) is 30.1 Å². The molecule has 0 radical (unpaired) electrons. The zero-order valence-electron chi connectivity index (χ0n) is 14.3. The van der Waals surface area contributed by atoms with Gasteiger partial charge in [-0.1, -0.05) is 0 Å². The van der Waals surface area contributed by atoms with Crippen LogP contribution in [0.25, 0.3) is 0 Å². The number of aromatic nitrogens is 5. The number of aryl methyl sites for hydroxylation is 2. The average molecular weight is 369 g/mol. The topological polar surface area (TPSA) is 99.7 Å². The van der Waals surface area contributed by atoms with Gasteiger partial charge in [-0.15, -0.1) is 5.10 Å². The molecule has 1 atom stereocenters. The number of rotatable bonds is 3. The molecule has 3 heterocycles. The molecule has 11 heteroatoms. The van der Waals surface area contributed by atoms with Crippen LogP contribution in [0.5, 0.6) is 0 Å². The Labute approximate surface area is 147 Å². The molecule has 0 aromatic carbocycles.